The smallest absolute Gasteiger partial charge is 0.408 e. The number of ether oxygens (including phenoxy) is 2. The van der Waals surface area contributed by atoms with Gasteiger partial charge in [0.2, 0.25) is 0 Å². The van der Waals surface area contributed by atoms with Gasteiger partial charge in [0.15, 0.2) is 9.84 Å². The quantitative estimate of drug-likeness (QED) is 0.721. The Balaban J connectivity index is 5.16. The molecular weight excluding hydrogens is 346 g/mol. The molecule has 0 saturated heterocycles. The Morgan fingerprint density at radius 3 is 2.17 bits per heavy atom. The molecule has 1 N–H and O–H groups in total. The number of hydrogen-bond acceptors (Lipinski definition) is 6. The van der Waals surface area contributed by atoms with E-state index in [0.717, 1.165) is 12.3 Å². The van der Waals surface area contributed by atoms with Gasteiger partial charge in [0.05, 0.1) is 18.6 Å². The molecule has 1 atom stereocenters. The Morgan fingerprint density at radius 2 is 1.78 bits per heavy atom. The number of amides is 1. The molecule has 0 radical (unpaired) electrons. The van der Waals surface area contributed by atoms with E-state index >= 15 is 0 Å². The van der Waals surface area contributed by atoms with E-state index in [1.165, 1.54) is 0 Å². The van der Waals surface area contributed by atoms with Gasteiger partial charge in [-0.15, -0.1) is 0 Å². The van der Waals surface area contributed by atoms with Gasteiger partial charge in [0.1, 0.15) is 9.97 Å². The highest BCUT2D eigenvalue weighted by molar-refractivity contribution is 7.96. The number of nitrogens with one attached hydrogen (secondary N) is 1. The number of carbonyl (C=O) groups excluding carboxylic acids is 2. The lowest BCUT2D eigenvalue weighted by molar-refractivity contribution is -0.147. The molecule has 0 aliphatic carbocycles. The Morgan fingerprint density at radius 1 is 1.26 bits per heavy atom. The molecule has 0 rings (SSSR count). The predicted octanol–water partition coefficient (Wildman–Crippen LogP) is 2.35. The van der Waals surface area contributed by atoms with E-state index in [-0.39, 0.29) is 12.5 Å². The lowest BCUT2D eigenvalue weighted by Gasteiger charge is -2.22. The van der Waals surface area contributed by atoms with E-state index in [4.69, 9.17) is 21.1 Å². The summed E-state index contributed by atoms with van der Waals surface area (Å²) in [6, 6.07) is -0.974. The second kappa shape index (κ2) is 8.54. The Kier molecular flexibility index (Phi) is 8.06. The molecule has 0 fully saturated rings. The zero-order valence-electron chi connectivity index (χ0n) is 14.2. The fourth-order valence-corrected chi connectivity index (χ4v) is 1.95. The summed E-state index contributed by atoms with van der Waals surface area (Å²) in [6.45, 7) is 8.37. The van der Waals surface area contributed by atoms with Gasteiger partial charge < -0.3 is 14.8 Å². The second-order valence-corrected chi connectivity index (χ2v) is 8.85. The van der Waals surface area contributed by atoms with Gasteiger partial charge in [-0.25, -0.2) is 13.2 Å². The number of carbonyl (C=O) groups is 2. The maximum Gasteiger partial charge on any atom is 0.408 e. The fourth-order valence-electron chi connectivity index (χ4n) is 1.38. The highest BCUT2D eigenvalue weighted by Crippen LogP contribution is 2.14. The van der Waals surface area contributed by atoms with Crippen molar-refractivity contribution < 1.29 is 27.5 Å². The summed E-state index contributed by atoms with van der Waals surface area (Å²) in [7, 11) is -3.65. The first kappa shape index (κ1) is 21.7. The van der Waals surface area contributed by atoms with Crippen LogP contribution in [0.3, 0.4) is 0 Å². The monoisotopic (exact) mass is 369 g/mol. The Labute approximate surface area is 142 Å². The van der Waals surface area contributed by atoms with Gasteiger partial charge >= 0.3 is 12.1 Å². The van der Waals surface area contributed by atoms with Crippen LogP contribution in [0, 0.1) is 0 Å². The van der Waals surface area contributed by atoms with Crippen LogP contribution in [0.25, 0.3) is 0 Å². The molecule has 0 aromatic heterocycles. The van der Waals surface area contributed by atoms with Crippen LogP contribution >= 0.6 is 11.6 Å². The summed E-state index contributed by atoms with van der Waals surface area (Å²) in [5.74, 6) is -0.602. The first-order valence-electron chi connectivity index (χ1n) is 6.97. The summed E-state index contributed by atoms with van der Waals surface area (Å²) in [5, 5.41) is 2.39. The molecule has 1 amide bonds. The van der Waals surface area contributed by atoms with Gasteiger partial charge in [-0.2, -0.15) is 0 Å². The van der Waals surface area contributed by atoms with Crippen LogP contribution in [0.5, 0.6) is 0 Å². The Bertz CT molecular complexity index is 562. The van der Waals surface area contributed by atoms with Crippen LogP contribution in [-0.2, 0) is 24.1 Å². The molecule has 0 aliphatic heterocycles. The fraction of sp³-hybridized carbons (Fsp3) is 0.714. The Hall–Kier alpha value is -1.28. The van der Waals surface area contributed by atoms with Gasteiger partial charge in [0, 0.05) is 6.26 Å². The first-order chi connectivity index (χ1) is 10.2. The summed E-state index contributed by atoms with van der Waals surface area (Å²) in [4.78, 5) is 23.5. The average Bonchev–Trinajstić information content (AvgIpc) is 2.22. The van der Waals surface area contributed by atoms with Crippen molar-refractivity contribution in [2.75, 3.05) is 6.26 Å². The largest absolute Gasteiger partial charge is 0.463 e. The molecule has 23 heavy (non-hydrogen) atoms. The van der Waals surface area contributed by atoms with Gasteiger partial charge in [-0.05, 0) is 40.7 Å². The number of alkyl carbamates (subject to hydrolysis) is 1. The molecular formula is C14H24ClNO6S. The van der Waals surface area contributed by atoms with E-state index in [1.807, 2.05) is 0 Å². The number of esters is 1. The van der Waals surface area contributed by atoms with Crippen molar-refractivity contribution in [1.29, 1.82) is 0 Å². The molecule has 0 saturated carbocycles. The standard InChI is InChI=1S/C14H24ClNO6S/c1-9(2)21-12(17)8-10(7-11(15)23(6,19)20)16-13(18)22-14(3,4)5/h7,9-10H,8H2,1-6H3,(H,16,18)/b11-7+/t10-/m1/s1. The lowest BCUT2D eigenvalue weighted by atomic mass is 10.2. The second-order valence-electron chi connectivity index (χ2n) is 6.24. The van der Waals surface area contributed by atoms with Crippen LogP contribution in [0.4, 0.5) is 4.79 Å². The predicted molar refractivity (Wildman–Crippen MR) is 87.8 cm³/mol. The minimum absolute atomic E-state index is 0.275. The molecule has 0 aromatic rings. The molecule has 7 nitrogen and oxygen atoms in total. The molecule has 0 heterocycles. The third-order valence-electron chi connectivity index (χ3n) is 2.14. The minimum atomic E-state index is -3.65. The zero-order chi connectivity index (χ0) is 18.4. The van der Waals surface area contributed by atoms with Crippen LogP contribution in [-0.4, -0.2) is 44.5 Å². The molecule has 0 spiro atoms. The number of sulfone groups is 1. The lowest BCUT2D eigenvalue weighted by Crippen LogP contribution is -2.40. The maximum absolute atomic E-state index is 11.8. The van der Waals surface area contributed by atoms with Crippen molar-refractivity contribution in [3.8, 4) is 0 Å². The number of halogens is 1. The van der Waals surface area contributed by atoms with Crippen LogP contribution in [0.15, 0.2) is 10.4 Å². The highest BCUT2D eigenvalue weighted by atomic mass is 35.5. The third-order valence-corrected chi connectivity index (χ3v) is 3.95. The maximum atomic E-state index is 11.8. The van der Waals surface area contributed by atoms with Crippen LogP contribution < -0.4 is 5.32 Å². The number of rotatable bonds is 6. The first-order valence-corrected chi connectivity index (χ1v) is 9.24. The summed E-state index contributed by atoms with van der Waals surface area (Å²) < 4.78 is 32.3. The van der Waals surface area contributed by atoms with Crippen molar-refractivity contribution in [3.63, 3.8) is 0 Å². The molecule has 9 heteroatoms. The zero-order valence-corrected chi connectivity index (χ0v) is 15.7. The van der Waals surface area contributed by atoms with E-state index < -0.39 is 37.9 Å². The van der Waals surface area contributed by atoms with Crippen molar-refractivity contribution in [2.24, 2.45) is 0 Å². The SMILES string of the molecule is CC(C)OC(=O)C[C@@H](/C=C(\Cl)S(C)(=O)=O)NC(=O)OC(C)(C)C. The van der Waals surface area contributed by atoms with E-state index in [9.17, 15) is 18.0 Å². The van der Waals surface area contributed by atoms with Gasteiger partial charge in [-0.1, -0.05) is 11.6 Å². The molecule has 0 aliphatic rings. The summed E-state index contributed by atoms with van der Waals surface area (Å²) in [6.07, 6.45) is 0.585. The third kappa shape index (κ3) is 11.0. The van der Waals surface area contributed by atoms with Gasteiger partial charge in [0.25, 0.3) is 0 Å². The topological polar surface area (TPSA) is 98.8 Å². The van der Waals surface area contributed by atoms with Crippen molar-refractivity contribution in [3.05, 3.63) is 10.4 Å². The van der Waals surface area contributed by atoms with E-state index in [0.29, 0.717) is 0 Å². The molecule has 0 bridgehead atoms. The molecule has 0 aromatic carbocycles. The van der Waals surface area contributed by atoms with Gasteiger partial charge in [-0.3, -0.25) is 4.79 Å². The van der Waals surface area contributed by atoms with Crippen molar-refractivity contribution in [1.82, 2.24) is 5.32 Å². The summed E-state index contributed by atoms with van der Waals surface area (Å²) >= 11 is 5.69. The van der Waals surface area contributed by atoms with E-state index in [2.05, 4.69) is 5.32 Å². The average molecular weight is 370 g/mol. The van der Waals surface area contributed by atoms with Crippen LogP contribution in [0.2, 0.25) is 0 Å². The normalized spacial score (nSPS) is 14.3. The van der Waals surface area contributed by atoms with Crippen molar-refractivity contribution >= 4 is 33.5 Å². The molecule has 134 valence electrons. The number of hydrogen-bond donors (Lipinski definition) is 1. The van der Waals surface area contributed by atoms with Crippen molar-refractivity contribution in [2.45, 2.75) is 58.8 Å². The highest BCUT2D eigenvalue weighted by Gasteiger charge is 2.22. The minimum Gasteiger partial charge on any atom is -0.463 e. The summed E-state index contributed by atoms with van der Waals surface area (Å²) in [5.41, 5.74) is -0.739. The van der Waals surface area contributed by atoms with E-state index in [1.54, 1.807) is 34.6 Å². The molecule has 0 unspecified atom stereocenters. The van der Waals surface area contributed by atoms with Crippen LogP contribution in [0.1, 0.15) is 41.0 Å².